The van der Waals surface area contributed by atoms with E-state index in [0.29, 0.717) is 48.7 Å². The van der Waals surface area contributed by atoms with Gasteiger partial charge in [0.15, 0.2) is 0 Å². The Morgan fingerprint density at radius 3 is 2.44 bits per heavy atom. The Labute approximate surface area is 231 Å². The molecule has 2 aliphatic heterocycles. The van der Waals surface area contributed by atoms with Crippen LogP contribution in [0.2, 0.25) is 5.02 Å². The number of likely N-dealkylation sites (tertiary alicyclic amines) is 1. The van der Waals surface area contributed by atoms with Gasteiger partial charge in [0.05, 0.1) is 13.0 Å². The average molecular weight is 550 g/mol. The minimum Gasteiger partial charge on any atom is -0.453 e. The highest BCUT2D eigenvalue weighted by Crippen LogP contribution is 2.48. The zero-order valence-corrected chi connectivity index (χ0v) is 22.5. The number of ether oxygens (including phenoxy) is 1. The van der Waals surface area contributed by atoms with Crippen molar-refractivity contribution in [1.29, 1.82) is 0 Å². The monoisotopic (exact) mass is 549 g/mol. The van der Waals surface area contributed by atoms with Crippen LogP contribution in [-0.4, -0.2) is 49.6 Å². The summed E-state index contributed by atoms with van der Waals surface area (Å²) in [5.74, 6) is -0.958. The van der Waals surface area contributed by atoms with E-state index >= 15 is 0 Å². The number of hydrogen-bond acceptors (Lipinski definition) is 4. The highest BCUT2D eigenvalue weighted by molar-refractivity contribution is 6.30. The SMILES string of the molecule is COC(=O)Nc1cccc(C(=O)N2CCC3(CC2)CN(C(=O)C(C)c2ccc(Cl)cc2)c2ccc(F)cc23)c1. The number of carbonyl (C=O) groups is 3. The smallest absolute Gasteiger partial charge is 0.411 e. The quantitative estimate of drug-likeness (QED) is 0.434. The summed E-state index contributed by atoms with van der Waals surface area (Å²) in [5.41, 5.74) is 2.87. The fourth-order valence-electron chi connectivity index (χ4n) is 5.61. The van der Waals surface area contributed by atoms with E-state index in [2.05, 4.69) is 10.1 Å². The van der Waals surface area contributed by atoms with Crippen LogP contribution in [0.1, 0.15) is 47.2 Å². The van der Waals surface area contributed by atoms with Crippen molar-refractivity contribution >= 4 is 40.9 Å². The Bertz CT molecular complexity index is 1420. The van der Waals surface area contributed by atoms with E-state index in [-0.39, 0.29) is 17.6 Å². The fraction of sp³-hybridized carbons (Fsp3) is 0.300. The first-order chi connectivity index (χ1) is 18.7. The molecule has 3 amide bonds. The van der Waals surface area contributed by atoms with E-state index in [1.807, 2.05) is 19.1 Å². The molecule has 1 N–H and O–H groups in total. The van der Waals surface area contributed by atoms with Crippen molar-refractivity contribution < 1.29 is 23.5 Å². The van der Waals surface area contributed by atoms with Gasteiger partial charge in [-0.1, -0.05) is 29.8 Å². The maximum atomic E-state index is 14.5. The van der Waals surface area contributed by atoms with Gasteiger partial charge in [0, 0.05) is 47.0 Å². The van der Waals surface area contributed by atoms with Gasteiger partial charge in [-0.15, -0.1) is 0 Å². The van der Waals surface area contributed by atoms with Crippen molar-refractivity contribution in [2.45, 2.75) is 31.1 Å². The van der Waals surface area contributed by atoms with Crippen LogP contribution in [0.5, 0.6) is 0 Å². The molecule has 39 heavy (non-hydrogen) atoms. The van der Waals surface area contributed by atoms with Gasteiger partial charge in [-0.3, -0.25) is 14.9 Å². The number of carbonyl (C=O) groups excluding carboxylic acids is 3. The molecule has 3 aromatic carbocycles. The van der Waals surface area contributed by atoms with Gasteiger partial charge in [-0.25, -0.2) is 9.18 Å². The zero-order chi connectivity index (χ0) is 27.7. The van der Waals surface area contributed by atoms with Crippen LogP contribution < -0.4 is 10.2 Å². The van der Waals surface area contributed by atoms with Gasteiger partial charge in [-0.2, -0.15) is 0 Å². The van der Waals surface area contributed by atoms with Crippen molar-refractivity contribution in [3.05, 3.63) is 94.3 Å². The van der Waals surface area contributed by atoms with Crippen LogP contribution in [0.25, 0.3) is 0 Å². The lowest BCUT2D eigenvalue weighted by Crippen LogP contribution is -2.48. The minimum absolute atomic E-state index is 0.0597. The summed E-state index contributed by atoms with van der Waals surface area (Å²) in [7, 11) is 1.27. The van der Waals surface area contributed by atoms with Gasteiger partial charge >= 0.3 is 6.09 Å². The third-order valence-electron chi connectivity index (χ3n) is 7.84. The molecule has 202 valence electrons. The van der Waals surface area contributed by atoms with Crippen molar-refractivity contribution in [2.24, 2.45) is 0 Å². The maximum absolute atomic E-state index is 14.5. The molecule has 0 aromatic heterocycles. The summed E-state index contributed by atoms with van der Waals surface area (Å²) in [4.78, 5) is 42.1. The highest BCUT2D eigenvalue weighted by Gasteiger charge is 2.47. The lowest BCUT2D eigenvalue weighted by molar-refractivity contribution is -0.119. The van der Waals surface area contributed by atoms with Crippen LogP contribution in [0, 0.1) is 5.82 Å². The van der Waals surface area contributed by atoms with Crippen LogP contribution in [0.15, 0.2) is 66.7 Å². The number of benzene rings is 3. The molecule has 0 saturated carbocycles. The number of anilines is 2. The maximum Gasteiger partial charge on any atom is 0.411 e. The molecule has 7 nitrogen and oxygen atoms in total. The van der Waals surface area contributed by atoms with E-state index in [1.54, 1.807) is 52.3 Å². The van der Waals surface area contributed by atoms with Crippen LogP contribution >= 0.6 is 11.6 Å². The second kappa shape index (κ2) is 10.7. The van der Waals surface area contributed by atoms with Crippen molar-refractivity contribution in [3.63, 3.8) is 0 Å². The summed E-state index contributed by atoms with van der Waals surface area (Å²) in [6.07, 6.45) is 0.569. The number of piperidine rings is 1. The number of nitrogens with one attached hydrogen (secondary N) is 1. The number of fused-ring (bicyclic) bond motifs is 2. The molecule has 1 fully saturated rings. The summed E-state index contributed by atoms with van der Waals surface area (Å²) in [5, 5.41) is 3.18. The summed E-state index contributed by atoms with van der Waals surface area (Å²) in [6, 6.07) is 18.5. The van der Waals surface area contributed by atoms with Gasteiger partial charge in [-0.05, 0) is 79.4 Å². The van der Waals surface area contributed by atoms with Gasteiger partial charge in [0.25, 0.3) is 5.91 Å². The molecule has 0 radical (unpaired) electrons. The molecule has 0 bridgehead atoms. The predicted molar refractivity (Wildman–Crippen MR) is 148 cm³/mol. The average Bonchev–Trinajstić information content (AvgIpc) is 3.25. The fourth-order valence-corrected chi connectivity index (χ4v) is 5.74. The highest BCUT2D eigenvalue weighted by atomic mass is 35.5. The number of nitrogens with zero attached hydrogens (tertiary/aromatic N) is 2. The molecular formula is C30H29ClFN3O4. The van der Waals surface area contributed by atoms with Gasteiger partial charge < -0.3 is 14.5 Å². The number of rotatable bonds is 4. The molecule has 1 unspecified atom stereocenters. The first-order valence-corrected chi connectivity index (χ1v) is 13.2. The van der Waals surface area contributed by atoms with Crippen molar-refractivity contribution in [2.75, 3.05) is 37.0 Å². The summed E-state index contributed by atoms with van der Waals surface area (Å²) in [6.45, 7) is 3.21. The minimum atomic E-state index is -0.615. The molecule has 1 atom stereocenters. The molecule has 2 heterocycles. The lowest BCUT2D eigenvalue weighted by Gasteiger charge is -2.40. The molecule has 1 spiro atoms. The largest absolute Gasteiger partial charge is 0.453 e. The molecule has 3 aromatic rings. The topological polar surface area (TPSA) is 79.0 Å². The van der Waals surface area contributed by atoms with Crippen molar-refractivity contribution in [3.8, 4) is 0 Å². The second-order valence-electron chi connectivity index (χ2n) is 10.1. The third-order valence-corrected chi connectivity index (χ3v) is 8.09. The Balaban J connectivity index is 1.34. The van der Waals surface area contributed by atoms with E-state index in [9.17, 15) is 18.8 Å². The molecule has 5 rings (SSSR count). The summed E-state index contributed by atoms with van der Waals surface area (Å²) < 4.78 is 19.1. The standard InChI is InChI=1S/C30H29ClFN3O4/c1-19(20-6-8-22(31)9-7-20)27(36)35-18-30(25-17-23(32)10-11-26(25)35)12-14-34(15-13-30)28(37)21-4-3-5-24(16-21)33-29(38)39-2/h3-11,16-17,19H,12-15,18H2,1-2H3,(H,33,38). The second-order valence-corrected chi connectivity index (χ2v) is 10.6. The number of halogens is 2. The van der Waals surface area contributed by atoms with Crippen LogP contribution in [0.3, 0.4) is 0 Å². The molecule has 0 aliphatic carbocycles. The first-order valence-electron chi connectivity index (χ1n) is 12.8. The Morgan fingerprint density at radius 2 is 1.74 bits per heavy atom. The normalized spacial score (nSPS) is 16.5. The predicted octanol–water partition coefficient (Wildman–Crippen LogP) is 5.98. The zero-order valence-electron chi connectivity index (χ0n) is 21.7. The summed E-state index contributed by atoms with van der Waals surface area (Å²) >= 11 is 6.03. The van der Waals surface area contributed by atoms with Crippen LogP contribution in [0.4, 0.5) is 20.6 Å². The number of hydrogen-bond donors (Lipinski definition) is 1. The Kier molecular flexibility index (Phi) is 7.32. The third kappa shape index (κ3) is 5.21. The van der Waals surface area contributed by atoms with E-state index in [1.165, 1.54) is 19.2 Å². The lowest BCUT2D eigenvalue weighted by atomic mass is 9.74. The van der Waals surface area contributed by atoms with E-state index in [4.69, 9.17) is 11.6 Å². The van der Waals surface area contributed by atoms with Crippen LogP contribution in [-0.2, 0) is 14.9 Å². The Morgan fingerprint density at radius 1 is 1.03 bits per heavy atom. The molecule has 1 saturated heterocycles. The molecular weight excluding hydrogens is 521 g/mol. The number of methoxy groups -OCH3 is 1. The van der Waals surface area contributed by atoms with Gasteiger partial charge in [0.1, 0.15) is 5.82 Å². The van der Waals surface area contributed by atoms with Gasteiger partial charge in [0.2, 0.25) is 5.91 Å². The van der Waals surface area contributed by atoms with E-state index in [0.717, 1.165) is 16.8 Å². The first kappa shape index (κ1) is 26.7. The van der Waals surface area contributed by atoms with Crippen molar-refractivity contribution in [1.82, 2.24) is 4.90 Å². The molecule has 9 heteroatoms. The molecule has 2 aliphatic rings. The number of amides is 3. The Hall–Kier alpha value is -3.91. The van der Waals surface area contributed by atoms with E-state index < -0.39 is 17.4 Å².